The van der Waals surface area contributed by atoms with Crippen LogP contribution in [0.5, 0.6) is 0 Å². The number of carbonyl (C=O) groups is 3. The summed E-state index contributed by atoms with van der Waals surface area (Å²) in [6.45, 7) is 1.24. The van der Waals surface area contributed by atoms with Crippen LogP contribution in [0.3, 0.4) is 0 Å². The first-order valence-corrected chi connectivity index (χ1v) is 9.96. The number of amides is 2. The van der Waals surface area contributed by atoms with Gasteiger partial charge in [-0.3, -0.25) is 14.4 Å². The summed E-state index contributed by atoms with van der Waals surface area (Å²) in [5, 5.41) is 5.42. The number of benzene rings is 2. The summed E-state index contributed by atoms with van der Waals surface area (Å²) in [4.78, 5) is 36.3. The molecule has 0 radical (unpaired) electrons. The van der Waals surface area contributed by atoms with Crippen molar-refractivity contribution in [3.05, 3.63) is 60.2 Å². The smallest absolute Gasteiger partial charge is 0.326 e. The van der Waals surface area contributed by atoms with Crippen molar-refractivity contribution in [3.8, 4) is 11.1 Å². The number of esters is 1. The minimum absolute atomic E-state index is 0.169. The van der Waals surface area contributed by atoms with Gasteiger partial charge in [-0.2, -0.15) is 0 Å². The number of hydrogen-bond acceptors (Lipinski definition) is 4. The van der Waals surface area contributed by atoms with E-state index < -0.39 is 12.1 Å². The highest BCUT2D eigenvalue weighted by Gasteiger charge is 2.23. The second kappa shape index (κ2) is 9.87. The van der Waals surface area contributed by atoms with Crippen LogP contribution < -0.4 is 10.6 Å². The Balaban J connectivity index is 1.44. The largest absolute Gasteiger partial charge is 0.451 e. The molecule has 6 heteroatoms. The van der Waals surface area contributed by atoms with Gasteiger partial charge in [0.15, 0.2) is 6.10 Å². The Bertz CT molecular complexity index is 843. The van der Waals surface area contributed by atoms with E-state index in [0.29, 0.717) is 5.56 Å². The second-order valence-corrected chi connectivity index (χ2v) is 7.25. The van der Waals surface area contributed by atoms with Crippen molar-refractivity contribution in [2.75, 3.05) is 6.54 Å². The lowest BCUT2D eigenvalue weighted by atomic mass is 10.0. The Morgan fingerprint density at radius 1 is 0.966 bits per heavy atom. The van der Waals surface area contributed by atoms with E-state index in [0.717, 1.165) is 36.8 Å². The SMILES string of the molecule is C[C@H](OC(=O)CNC(=O)c1ccc(-c2ccccc2)cc1)C(=O)NC1CCCC1. The van der Waals surface area contributed by atoms with Crippen LogP contribution in [0.4, 0.5) is 0 Å². The van der Waals surface area contributed by atoms with Gasteiger partial charge in [0, 0.05) is 11.6 Å². The molecule has 1 saturated carbocycles. The zero-order chi connectivity index (χ0) is 20.6. The maximum atomic E-state index is 12.2. The predicted octanol–water partition coefficient (Wildman–Crippen LogP) is 3.07. The molecule has 2 amide bonds. The van der Waals surface area contributed by atoms with E-state index in [9.17, 15) is 14.4 Å². The van der Waals surface area contributed by atoms with E-state index in [1.165, 1.54) is 6.92 Å². The van der Waals surface area contributed by atoms with Gasteiger partial charge in [0.1, 0.15) is 6.54 Å². The summed E-state index contributed by atoms with van der Waals surface area (Å²) >= 11 is 0. The Morgan fingerprint density at radius 2 is 1.59 bits per heavy atom. The van der Waals surface area contributed by atoms with Crippen LogP contribution in [0, 0.1) is 0 Å². The lowest BCUT2D eigenvalue weighted by Crippen LogP contribution is -2.42. The molecule has 1 aliphatic rings. The molecule has 2 N–H and O–H groups in total. The lowest BCUT2D eigenvalue weighted by Gasteiger charge is -2.17. The topological polar surface area (TPSA) is 84.5 Å². The van der Waals surface area contributed by atoms with Gasteiger partial charge >= 0.3 is 5.97 Å². The molecule has 1 atom stereocenters. The fourth-order valence-corrected chi connectivity index (χ4v) is 3.38. The molecule has 0 aromatic heterocycles. The van der Waals surface area contributed by atoms with Crippen LogP contribution >= 0.6 is 0 Å². The molecular formula is C23H26N2O4. The van der Waals surface area contributed by atoms with Crippen molar-refractivity contribution in [3.63, 3.8) is 0 Å². The maximum Gasteiger partial charge on any atom is 0.326 e. The molecule has 0 saturated heterocycles. The zero-order valence-corrected chi connectivity index (χ0v) is 16.5. The van der Waals surface area contributed by atoms with Gasteiger partial charge in [0.2, 0.25) is 0 Å². The van der Waals surface area contributed by atoms with Crippen molar-refractivity contribution in [1.29, 1.82) is 0 Å². The third kappa shape index (κ3) is 5.91. The molecule has 152 valence electrons. The summed E-state index contributed by atoms with van der Waals surface area (Å²) in [7, 11) is 0. The van der Waals surface area contributed by atoms with Gasteiger partial charge in [0.25, 0.3) is 11.8 Å². The van der Waals surface area contributed by atoms with Crippen LogP contribution in [-0.2, 0) is 14.3 Å². The highest BCUT2D eigenvalue weighted by Crippen LogP contribution is 2.19. The van der Waals surface area contributed by atoms with Gasteiger partial charge < -0.3 is 15.4 Å². The van der Waals surface area contributed by atoms with E-state index >= 15 is 0 Å². The summed E-state index contributed by atoms with van der Waals surface area (Å²) in [5.74, 6) is -1.31. The summed E-state index contributed by atoms with van der Waals surface area (Å²) in [5.41, 5.74) is 2.51. The third-order valence-electron chi connectivity index (χ3n) is 5.03. The molecule has 6 nitrogen and oxygen atoms in total. The molecule has 2 aromatic carbocycles. The normalized spacial score (nSPS) is 14.8. The molecule has 0 spiro atoms. The first kappa shape index (κ1) is 20.6. The van der Waals surface area contributed by atoms with E-state index in [1.807, 2.05) is 42.5 Å². The highest BCUT2D eigenvalue weighted by molar-refractivity contribution is 5.96. The standard InChI is InChI=1S/C23H26N2O4/c1-16(22(27)25-20-9-5-6-10-20)29-21(26)15-24-23(28)19-13-11-18(12-14-19)17-7-3-2-4-8-17/h2-4,7-8,11-14,16,20H,5-6,9-10,15H2,1H3,(H,24,28)(H,25,27)/t16-/m0/s1. The fourth-order valence-electron chi connectivity index (χ4n) is 3.38. The molecule has 0 heterocycles. The first-order chi connectivity index (χ1) is 14.0. The number of ether oxygens (including phenoxy) is 1. The van der Waals surface area contributed by atoms with Crippen LogP contribution in [0.2, 0.25) is 0 Å². The van der Waals surface area contributed by atoms with Crippen molar-refractivity contribution >= 4 is 17.8 Å². The number of rotatable bonds is 7. The van der Waals surface area contributed by atoms with Crippen LogP contribution in [0.15, 0.2) is 54.6 Å². The minimum atomic E-state index is -0.884. The molecule has 3 rings (SSSR count). The third-order valence-corrected chi connectivity index (χ3v) is 5.03. The molecule has 1 aliphatic carbocycles. The Kier molecular flexibility index (Phi) is 7.00. The molecular weight excluding hydrogens is 368 g/mol. The van der Waals surface area contributed by atoms with Gasteiger partial charge in [0.05, 0.1) is 0 Å². The molecule has 0 unspecified atom stereocenters. The minimum Gasteiger partial charge on any atom is -0.451 e. The number of hydrogen-bond donors (Lipinski definition) is 2. The Labute approximate surface area is 170 Å². The van der Waals surface area contributed by atoms with Crippen molar-refractivity contribution in [2.45, 2.75) is 44.8 Å². The van der Waals surface area contributed by atoms with Crippen molar-refractivity contribution in [2.24, 2.45) is 0 Å². The molecule has 0 aliphatic heterocycles. The van der Waals surface area contributed by atoms with E-state index in [4.69, 9.17) is 4.74 Å². The number of nitrogens with one attached hydrogen (secondary N) is 2. The predicted molar refractivity (Wildman–Crippen MR) is 110 cm³/mol. The van der Waals surface area contributed by atoms with E-state index in [2.05, 4.69) is 10.6 Å². The summed E-state index contributed by atoms with van der Waals surface area (Å²) in [6.07, 6.45) is 3.26. The van der Waals surface area contributed by atoms with Crippen molar-refractivity contribution < 1.29 is 19.1 Å². The quantitative estimate of drug-likeness (QED) is 0.707. The fraction of sp³-hybridized carbons (Fsp3) is 0.348. The van der Waals surface area contributed by atoms with Crippen LogP contribution in [-0.4, -0.2) is 36.5 Å². The maximum absolute atomic E-state index is 12.2. The van der Waals surface area contributed by atoms with Gasteiger partial charge in [-0.1, -0.05) is 55.3 Å². The van der Waals surface area contributed by atoms with E-state index in [-0.39, 0.29) is 24.4 Å². The average molecular weight is 394 g/mol. The first-order valence-electron chi connectivity index (χ1n) is 9.96. The molecule has 0 bridgehead atoms. The highest BCUT2D eigenvalue weighted by atomic mass is 16.5. The van der Waals surface area contributed by atoms with Crippen LogP contribution in [0.1, 0.15) is 43.0 Å². The van der Waals surface area contributed by atoms with Gasteiger partial charge in [-0.15, -0.1) is 0 Å². The average Bonchev–Trinajstić information content (AvgIpc) is 3.25. The van der Waals surface area contributed by atoms with Crippen molar-refractivity contribution in [1.82, 2.24) is 10.6 Å². The number of carbonyl (C=O) groups excluding carboxylic acids is 3. The summed E-state index contributed by atoms with van der Waals surface area (Å²) < 4.78 is 5.12. The van der Waals surface area contributed by atoms with Crippen LogP contribution in [0.25, 0.3) is 11.1 Å². The Morgan fingerprint density at radius 3 is 2.24 bits per heavy atom. The zero-order valence-electron chi connectivity index (χ0n) is 16.5. The monoisotopic (exact) mass is 394 g/mol. The van der Waals surface area contributed by atoms with Gasteiger partial charge in [-0.05, 0) is 43.0 Å². The van der Waals surface area contributed by atoms with Gasteiger partial charge in [-0.25, -0.2) is 0 Å². The van der Waals surface area contributed by atoms with E-state index in [1.54, 1.807) is 12.1 Å². The molecule has 29 heavy (non-hydrogen) atoms. The Hall–Kier alpha value is -3.15. The summed E-state index contributed by atoms with van der Waals surface area (Å²) in [6, 6.07) is 17.2. The molecule has 1 fully saturated rings. The second-order valence-electron chi connectivity index (χ2n) is 7.25. The lowest BCUT2D eigenvalue weighted by molar-refractivity contribution is -0.154. The molecule has 2 aromatic rings.